The highest BCUT2D eigenvalue weighted by Crippen LogP contribution is 2.20. The number of aromatic hydroxyl groups is 1. The van der Waals surface area contributed by atoms with Crippen molar-refractivity contribution in [2.75, 3.05) is 43.7 Å². The van der Waals surface area contributed by atoms with Crippen LogP contribution in [0.5, 0.6) is 5.75 Å². The first-order valence-corrected chi connectivity index (χ1v) is 30.0. The number of rotatable bonds is 39. The van der Waals surface area contributed by atoms with E-state index in [1.54, 1.807) is 43.0 Å². The normalized spacial score (nSPS) is 13.9. The maximum absolute atomic E-state index is 14.6. The highest BCUT2D eigenvalue weighted by Gasteiger charge is 2.35. The van der Waals surface area contributed by atoms with Crippen LogP contribution in [0.15, 0.2) is 85.1 Å². The number of nitrogens with two attached hydrogens (primary N) is 2. The second-order valence-corrected chi connectivity index (χ2v) is 21.7. The molecule has 18 N–H and O–H groups in total. The molecule has 0 radical (unpaired) electrons. The highest BCUT2D eigenvalue weighted by atomic mass is 32.2. The van der Waals surface area contributed by atoms with Crippen LogP contribution in [0.2, 0.25) is 0 Å². The van der Waals surface area contributed by atoms with Crippen molar-refractivity contribution in [3.63, 3.8) is 0 Å². The van der Waals surface area contributed by atoms with Gasteiger partial charge < -0.3 is 84.7 Å². The first-order chi connectivity index (χ1) is 40.6. The van der Waals surface area contributed by atoms with Crippen molar-refractivity contribution in [1.29, 1.82) is 0 Å². The third kappa shape index (κ3) is 24.5. The second-order valence-electron chi connectivity index (χ2n) is 19.7. The molecular weight excluding hydrogens is 1140 g/mol. The fourth-order valence-electron chi connectivity index (χ4n) is 8.61. The number of aromatic nitrogens is 1. The molecule has 1 aromatic heterocycles. The van der Waals surface area contributed by atoms with Crippen LogP contribution in [0.1, 0.15) is 61.6 Å². The number of hydrogen-bond acceptors (Lipinski definition) is 17. The standard InChI is InChI=1S/C56H76N12O15S2/c1-84-22-19-40(51(78)67-44(27-47(72)73)55(82)62-39(50(77)61-31-48(74)75)14-8-9-21-59-29-33-10-4-3-5-11-33)64-54(81)43(25-34-30-60-38-13-7-6-12-36(34)38)66-56(83)45(28-57)68-52(79)41(20-23-85-2)63-53(80)42(24-32-15-17-35(69)18-16-32)65-49(76)37(58)26-46(70)71/h3-7,10-13,15-18,30,37,39-45,59-60,69H,8-9,14,19-29,31,57-58H2,1-2H3,(H,61,77)(H,62,82)(H,63,80)(H,64,81)(H,65,76)(H,66,83)(H,67,78)(H,68,79)(H,70,71)(H,72,73)(H,74,75)/t37-,39-,40-,41-,42-,43-,44-,45-/m0/s1. The predicted molar refractivity (Wildman–Crippen MR) is 318 cm³/mol. The minimum Gasteiger partial charge on any atom is -0.508 e. The number of hydrogen-bond donors (Lipinski definition) is 16. The van der Waals surface area contributed by atoms with Gasteiger partial charge in [0.1, 0.15) is 54.6 Å². The zero-order valence-electron chi connectivity index (χ0n) is 47.1. The maximum Gasteiger partial charge on any atom is 0.322 e. The third-order valence-electron chi connectivity index (χ3n) is 13.2. The van der Waals surface area contributed by atoms with Gasteiger partial charge in [0.2, 0.25) is 47.3 Å². The van der Waals surface area contributed by atoms with Gasteiger partial charge in [-0.2, -0.15) is 23.5 Å². The Morgan fingerprint density at radius 3 is 1.59 bits per heavy atom. The van der Waals surface area contributed by atoms with E-state index in [1.807, 2.05) is 30.3 Å². The molecule has 0 bridgehead atoms. The number of H-pyrrole nitrogens is 1. The van der Waals surface area contributed by atoms with Gasteiger partial charge in [0, 0.05) is 43.0 Å². The van der Waals surface area contributed by atoms with Gasteiger partial charge in [-0.05, 0) is 97.6 Å². The van der Waals surface area contributed by atoms with Gasteiger partial charge in [0.05, 0.1) is 18.9 Å². The van der Waals surface area contributed by atoms with Crippen molar-refractivity contribution in [2.24, 2.45) is 11.5 Å². The third-order valence-corrected chi connectivity index (χ3v) is 14.4. The predicted octanol–water partition coefficient (Wildman–Crippen LogP) is -1.05. The summed E-state index contributed by atoms with van der Waals surface area (Å²) >= 11 is 2.62. The van der Waals surface area contributed by atoms with E-state index in [-0.39, 0.29) is 43.6 Å². The Balaban J connectivity index is 1.56. The van der Waals surface area contributed by atoms with Gasteiger partial charge >= 0.3 is 17.9 Å². The molecule has 27 nitrogen and oxygen atoms in total. The Morgan fingerprint density at radius 2 is 1.01 bits per heavy atom. The maximum atomic E-state index is 14.6. The quantitative estimate of drug-likeness (QED) is 0.0237. The van der Waals surface area contributed by atoms with E-state index in [1.165, 1.54) is 47.8 Å². The number of thioether (sulfide) groups is 2. The lowest BCUT2D eigenvalue weighted by Gasteiger charge is -2.27. The molecule has 4 aromatic rings. The lowest BCUT2D eigenvalue weighted by atomic mass is 10.0. The van der Waals surface area contributed by atoms with E-state index < -0.39 is 139 Å². The van der Waals surface area contributed by atoms with Crippen LogP contribution in [0.4, 0.5) is 0 Å². The van der Waals surface area contributed by atoms with E-state index in [4.69, 9.17) is 11.5 Å². The number of benzene rings is 3. The van der Waals surface area contributed by atoms with Gasteiger partial charge in [-0.3, -0.25) is 52.7 Å². The number of carbonyl (C=O) groups excluding carboxylic acids is 8. The van der Waals surface area contributed by atoms with Crippen LogP contribution < -0.4 is 59.3 Å². The molecule has 0 fully saturated rings. The summed E-state index contributed by atoms with van der Waals surface area (Å²) in [5.41, 5.74) is 14.6. The number of phenolic OH excluding ortho intramolecular Hbond substituents is 1. The average molecular weight is 1220 g/mol. The zero-order valence-corrected chi connectivity index (χ0v) is 48.7. The summed E-state index contributed by atoms with van der Waals surface area (Å²) in [6.07, 6.45) is 3.77. The Morgan fingerprint density at radius 1 is 0.518 bits per heavy atom. The van der Waals surface area contributed by atoms with Crippen molar-refractivity contribution in [3.05, 3.63) is 102 Å². The second kappa shape index (κ2) is 36.5. The Labute approximate surface area is 498 Å². The number of fused-ring (bicyclic) bond motifs is 1. The summed E-state index contributed by atoms with van der Waals surface area (Å²) in [5.74, 6) is -11.4. The molecule has 0 saturated heterocycles. The van der Waals surface area contributed by atoms with Crippen molar-refractivity contribution >= 4 is 99.6 Å². The van der Waals surface area contributed by atoms with Gasteiger partial charge in [-0.1, -0.05) is 60.7 Å². The van der Waals surface area contributed by atoms with Crippen LogP contribution in [0.25, 0.3) is 10.9 Å². The largest absolute Gasteiger partial charge is 0.508 e. The average Bonchev–Trinajstić information content (AvgIpc) is 4.18. The molecule has 8 amide bonds. The topological polar surface area (TPSA) is 445 Å². The number of carboxylic acid groups (broad SMARTS) is 3. The van der Waals surface area contributed by atoms with E-state index >= 15 is 0 Å². The number of aliphatic carboxylic acids is 3. The van der Waals surface area contributed by atoms with Crippen molar-refractivity contribution in [1.82, 2.24) is 52.8 Å². The fraction of sp³-hybridized carbons (Fsp3) is 0.446. The van der Waals surface area contributed by atoms with Crippen LogP contribution in [-0.2, 0) is 72.1 Å². The number of aromatic amines is 1. The van der Waals surface area contributed by atoms with Crippen molar-refractivity contribution < 1.29 is 73.2 Å². The SMILES string of the molecule is CSCC[C@H](NC(=O)[C@H](Cc1c[nH]c2ccccc12)NC(=O)[C@H](CN)NC(=O)[C@H](CCSC)NC(=O)[C@H](Cc1ccc(O)cc1)NC(=O)[C@@H](N)CC(=O)O)C(=O)N[C@@H](CC(=O)O)C(=O)N[C@@H](CCCCNCc1ccccc1)C(=O)NCC(=O)O. The number of phenols is 1. The molecule has 1 heterocycles. The molecule has 29 heteroatoms. The number of carbonyl (C=O) groups is 11. The molecule has 4 rings (SSSR count). The Hall–Kier alpha value is -8.25. The van der Waals surface area contributed by atoms with Crippen LogP contribution in [0.3, 0.4) is 0 Å². The zero-order chi connectivity index (χ0) is 62.4. The smallest absolute Gasteiger partial charge is 0.322 e. The Kier molecular flexibility index (Phi) is 29.7. The molecule has 462 valence electrons. The van der Waals surface area contributed by atoms with E-state index in [0.29, 0.717) is 53.7 Å². The number of nitrogens with one attached hydrogen (secondary N) is 10. The molecule has 0 aliphatic carbocycles. The minimum absolute atomic E-state index is 0.00728. The molecule has 85 heavy (non-hydrogen) atoms. The van der Waals surface area contributed by atoms with Gasteiger partial charge in [-0.15, -0.1) is 0 Å². The fourth-order valence-corrected chi connectivity index (χ4v) is 9.55. The molecule has 3 aromatic carbocycles. The summed E-state index contributed by atoms with van der Waals surface area (Å²) in [5, 5.41) is 62.1. The van der Waals surface area contributed by atoms with Crippen LogP contribution in [0, 0.1) is 0 Å². The molecule has 0 spiro atoms. The first kappa shape index (κ1) is 69.2. The Bertz CT molecular complexity index is 2900. The minimum atomic E-state index is -1.81. The van der Waals surface area contributed by atoms with E-state index in [9.17, 15) is 73.2 Å². The molecule has 0 unspecified atom stereocenters. The molecule has 8 atom stereocenters. The lowest BCUT2D eigenvalue weighted by molar-refractivity contribution is -0.142. The molecule has 0 saturated carbocycles. The number of unbranched alkanes of at least 4 members (excludes halogenated alkanes) is 1. The van der Waals surface area contributed by atoms with E-state index in [0.717, 1.165) is 5.56 Å². The monoisotopic (exact) mass is 1220 g/mol. The number of carboxylic acids is 3. The van der Waals surface area contributed by atoms with Gasteiger partial charge in [0.25, 0.3) is 0 Å². The summed E-state index contributed by atoms with van der Waals surface area (Å²) in [4.78, 5) is 149. The summed E-state index contributed by atoms with van der Waals surface area (Å²) in [6, 6.07) is 10.3. The first-order valence-electron chi connectivity index (χ1n) is 27.2. The molecule has 0 aliphatic heterocycles. The van der Waals surface area contributed by atoms with Gasteiger partial charge in [-0.25, -0.2) is 0 Å². The van der Waals surface area contributed by atoms with Crippen molar-refractivity contribution in [2.45, 2.75) is 113 Å². The van der Waals surface area contributed by atoms with Gasteiger partial charge in [0.15, 0.2) is 0 Å². The van der Waals surface area contributed by atoms with Crippen LogP contribution in [-0.4, -0.2) is 183 Å². The lowest BCUT2D eigenvalue weighted by Crippen LogP contribution is -2.61. The molecular formula is C56H76N12O15S2. The number of amides is 8. The van der Waals surface area contributed by atoms with E-state index in [2.05, 4.69) is 52.8 Å². The van der Waals surface area contributed by atoms with Crippen LogP contribution >= 0.6 is 23.5 Å². The highest BCUT2D eigenvalue weighted by molar-refractivity contribution is 7.98. The summed E-state index contributed by atoms with van der Waals surface area (Å²) < 4.78 is 0. The summed E-state index contributed by atoms with van der Waals surface area (Å²) in [7, 11) is 0. The molecule has 0 aliphatic rings. The summed E-state index contributed by atoms with van der Waals surface area (Å²) in [6.45, 7) is -0.216. The number of para-hydroxylation sites is 1. The van der Waals surface area contributed by atoms with Crippen molar-refractivity contribution in [3.8, 4) is 5.75 Å².